The van der Waals surface area contributed by atoms with Crippen LogP contribution in [-0.2, 0) is 12.4 Å². The molecule has 2 atom stereocenters. The Hall–Kier alpha value is -3.65. The number of hydrogen-bond acceptors (Lipinski definition) is 6. The number of benzene rings is 2. The van der Waals surface area contributed by atoms with Crippen molar-refractivity contribution in [3.05, 3.63) is 65.1 Å². The second kappa shape index (κ2) is 11.0. The Balaban J connectivity index is 2.11. The summed E-state index contributed by atoms with van der Waals surface area (Å²) in [5, 5.41) is 19.3. The minimum absolute atomic E-state index is 0.00375. The number of anilines is 1. The molecule has 0 heterocycles. The zero-order valence-electron chi connectivity index (χ0n) is 19.6. The number of amides is 1. The summed E-state index contributed by atoms with van der Waals surface area (Å²) in [5.74, 6) is -1.92. The lowest BCUT2D eigenvalue weighted by Gasteiger charge is -2.22. The monoisotopic (exact) mass is 549 g/mol. The van der Waals surface area contributed by atoms with Gasteiger partial charge in [-0.3, -0.25) is 9.89 Å². The van der Waals surface area contributed by atoms with Gasteiger partial charge >= 0.3 is 18.4 Å². The third-order valence-corrected chi connectivity index (χ3v) is 5.79. The van der Waals surface area contributed by atoms with Crippen LogP contribution in [0.25, 0.3) is 5.57 Å². The number of carbonyl (C=O) groups excluding carboxylic acids is 1. The first-order chi connectivity index (χ1) is 17.6. The molecule has 1 aliphatic rings. The highest BCUT2D eigenvalue weighted by atomic mass is 19.4. The predicted molar refractivity (Wildman–Crippen MR) is 123 cm³/mol. The third kappa shape index (κ3) is 6.61. The van der Waals surface area contributed by atoms with E-state index in [1.807, 2.05) is 0 Å². The summed E-state index contributed by atoms with van der Waals surface area (Å²) in [6.07, 6.45) is -12.7. The Bertz CT molecular complexity index is 1220. The van der Waals surface area contributed by atoms with Crippen molar-refractivity contribution >= 4 is 23.6 Å². The van der Waals surface area contributed by atoms with E-state index < -0.39 is 70.5 Å². The highest BCUT2D eigenvalue weighted by Crippen LogP contribution is 2.44. The minimum Gasteiger partial charge on any atom is -0.409 e. The van der Waals surface area contributed by atoms with Crippen LogP contribution in [-0.4, -0.2) is 47.8 Å². The van der Waals surface area contributed by atoms with Crippen LogP contribution in [0.3, 0.4) is 0 Å². The van der Waals surface area contributed by atoms with Gasteiger partial charge in [0.25, 0.3) is 0 Å². The van der Waals surface area contributed by atoms with E-state index in [9.17, 15) is 45.7 Å². The van der Waals surface area contributed by atoms with E-state index in [2.05, 4.69) is 4.99 Å². The van der Waals surface area contributed by atoms with E-state index in [1.54, 1.807) is 0 Å². The summed E-state index contributed by atoms with van der Waals surface area (Å²) in [7, 11) is 1.10. The lowest BCUT2D eigenvalue weighted by Crippen LogP contribution is -2.30. The summed E-state index contributed by atoms with van der Waals surface area (Å²) in [5.41, 5.74) is 0.669. The van der Waals surface area contributed by atoms with Gasteiger partial charge in [0.15, 0.2) is 5.75 Å². The smallest absolute Gasteiger partial charge is 0.409 e. The van der Waals surface area contributed by atoms with Gasteiger partial charge in [0, 0.05) is 36.3 Å². The van der Waals surface area contributed by atoms with E-state index in [-0.39, 0.29) is 24.6 Å². The first kappa shape index (κ1) is 28.9. The highest BCUT2D eigenvalue weighted by molar-refractivity contribution is 6.11. The summed E-state index contributed by atoms with van der Waals surface area (Å²) in [6, 6.07) is 3.67. The normalized spacial score (nSPS) is 20.7. The number of nitrogens with two attached hydrogens (primary N) is 1. The van der Waals surface area contributed by atoms with Gasteiger partial charge in [0.2, 0.25) is 0 Å². The lowest BCUT2D eigenvalue weighted by atomic mass is 9.98. The van der Waals surface area contributed by atoms with Crippen LogP contribution in [0.15, 0.2) is 47.6 Å². The van der Waals surface area contributed by atoms with Crippen LogP contribution in [0.1, 0.15) is 29.5 Å². The van der Waals surface area contributed by atoms with E-state index in [4.69, 9.17) is 10.5 Å². The molecule has 1 aliphatic carbocycles. The van der Waals surface area contributed by atoms with Crippen LogP contribution in [0.4, 0.5) is 41.2 Å². The molecule has 0 saturated heterocycles. The topological polar surface area (TPSA) is 108 Å². The SMILES string of the molecule is CN(C(=O)Oc1c(C(C=NC2CC(O)C(O)C2)=CN)cc(C(F)(F)F)cc1C(F)(F)F)c1ccc(F)cc1. The van der Waals surface area contributed by atoms with Crippen molar-refractivity contribution in [2.24, 2.45) is 10.7 Å². The highest BCUT2D eigenvalue weighted by Gasteiger charge is 2.41. The molecule has 0 spiro atoms. The van der Waals surface area contributed by atoms with E-state index >= 15 is 0 Å². The van der Waals surface area contributed by atoms with E-state index in [1.165, 1.54) is 0 Å². The number of halogens is 7. The van der Waals surface area contributed by atoms with Gasteiger partial charge in [-0.25, -0.2) is 9.18 Å². The zero-order chi connectivity index (χ0) is 28.4. The van der Waals surface area contributed by atoms with Crippen molar-refractivity contribution in [1.29, 1.82) is 0 Å². The molecule has 14 heteroatoms. The number of aliphatic hydroxyl groups excluding tert-OH is 2. The number of hydrogen-bond donors (Lipinski definition) is 3. The van der Waals surface area contributed by atoms with Gasteiger partial charge in [0.05, 0.1) is 29.4 Å². The molecule has 0 bridgehead atoms. The molecule has 0 aromatic heterocycles. The van der Waals surface area contributed by atoms with Crippen molar-refractivity contribution in [2.75, 3.05) is 11.9 Å². The second-order valence-electron chi connectivity index (χ2n) is 8.46. The van der Waals surface area contributed by atoms with Gasteiger partial charge in [0.1, 0.15) is 5.82 Å². The van der Waals surface area contributed by atoms with Crippen molar-refractivity contribution in [2.45, 2.75) is 43.4 Å². The molecular weight excluding hydrogens is 527 g/mol. The predicted octanol–water partition coefficient (Wildman–Crippen LogP) is 4.75. The van der Waals surface area contributed by atoms with Crippen LogP contribution < -0.4 is 15.4 Å². The Labute approximate surface area is 211 Å². The summed E-state index contributed by atoms with van der Waals surface area (Å²) >= 11 is 0. The molecule has 2 unspecified atom stereocenters. The van der Waals surface area contributed by atoms with Gasteiger partial charge < -0.3 is 20.7 Å². The minimum atomic E-state index is -5.39. The second-order valence-corrected chi connectivity index (χ2v) is 8.46. The summed E-state index contributed by atoms with van der Waals surface area (Å²) in [4.78, 5) is 17.5. The molecule has 7 nitrogen and oxygen atoms in total. The molecule has 38 heavy (non-hydrogen) atoms. The number of alkyl halides is 6. The molecule has 3 rings (SSSR count). The maximum Gasteiger partial charge on any atom is 0.420 e. The Kier molecular flexibility index (Phi) is 8.36. The molecule has 4 N–H and O–H groups in total. The molecule has 2 aromatic carbocycles. The molecule has 206 valence electrons. The van der Waals surface area contributed by atoms with Gasteiger partial charge in [-0.2, -0.15) is 26.3 Å². The first-order valence-electron chi connectivity index (χ1n) is 11.0. The van der Waals surface area contributed by atoms with Crippen LogP contribution in [0.2, 0.25) is 0 Å². The maximum absolute atomic E-state index is 13.9. The number of allylic oxidation sites excluding steroid dienone is 1. The standard InChI is InChI=1S/C24H22F7N3O4/c1-34(16-4-2-14(25)3-5-16)22(37)38-21-17(6-13(23(26,27)28)7-18(21)24(29,30)31)12(10-32)11-33-15-8-19(35)20(36)9-15/h2-7,10-11,15,19-20,35-36H,8-9,32H2,1H3. The number of carbonyl (C=O) groups is 1. The number of rotatable bonds is 5. The molecule has 1 amide bonds. The molecule has 2 aromatic rings. The van der Waals surface area contributed by atoms with Crippen LogP contribution in [0, 0.1) is 5.82 Å². The zero-order valence-corrected chi connectivity index (χ0v) is 19.6. The molecule has 0 aliphatic heterocycles. The van der Waals surface area contributed by atoms with Gasteiger partial charge in [-0.05, 0) is 49.2 Å². The Morgan fingerprint density at radius 2 is 1.63 bits per heavy atom. The molecule has 0 radical (unpaired) electrons. The third-order valence-electron chi connectivity index (χ3n) is 5.79. The van der Waals surface area contributed by atoms with Gasteiger partial charge in [-0.15, -0.1) is 0 Å². The average molecular weight is 549 g/mol. The first-order valence-corrected chi connectivity index (χ1v) is 11.0. The molecular formula is C24H22F7N3O4. The Morgan fingerprint density at radius 1 is 1.05 bits per heavy atom. The molecule has 1 fully saturated rings. The maximum atomic E-state index is 13.9. The number of ether oxygens (including phenoxy) is 1. The number of aliphatic imine (C=N–C) groups is 1. The summed E-state index contributed by atoms with van der Waals surface area (Å²) < 4.78 is 101. The fourth-order valence-corrected chi connectivity index (χ4v) is 3.73. The van der Waals surface area contributed by atoms with Gasteiger partial charge in [-0.1, -0.05) is 0 Å². The van der Waals surface area contributed by atoms with Crippen molar-refractivity contribution in [3.63, 3.8) is 0 Å². The van der Waals surface area contributed by atoms with Crippen LogP contribution >= 0.6 is 0 Å². The lowest BCUT2D eigenvalue weighted by molar-refractivity contribution is -0.143. The Morgan fingerprint density at radius 3 is 2.13 bits per heavy atom. The van der Waals surface area contributed by atoms with Crippen molar-refractivity contribution in [1.82, 2.24) is 0 Å². The van der Waals surface area contributed by atoms with E-state index in [0.29, 0.717) is 12.3 Å². The fourth-order valence-electron chi connectivity index (χ4n) is 3.73. The van der Waals surface area contributed by atoms with Crippen molar-refractivity contribution in [3.8, 4) is 5.75 Å². The summed E-state index contributed by atoms with van der Waals surface area (Å²) in [6.45, 7) is 0. The quantitative estimate of drug-likeness (QED) is 0.369. The largest absolute Gasteiger partial charge is 0.420 e. The van der Waals surface area contributed by atoms with Crippen molar-refractivity contribution < 1.29 is 50.5 Å². The number of aliphatic hydroxyl groups is 2. The van der Waals surface area contributed by atoms with Crippen LogP contribution in [0.5, 0.6) is 5.75 Å². The molecule has 1 saturated carbocycles. The van der Waals surface area contributed by atoms with E-state index in [0.717, 1.165) is 42.4 Å². The average Bonchev–Trinajstić information content (AvgIpc) is 3.15. The fraction of sp³-hybridized carbons (Fsp3) is 0.333. The number of nitrogens with zero attached hydrogens (tertiary/aromatic N) is 2.